The smallest absolute Gasteiger partial charge is 0.446 e. The van der Waals surface area contributed by atoms with Crippen LogP contribution in [0.1, 0.15) is 82.6 Å². The van der Waals surface area contributed by atoms with Crippen LogP contribution in [0.3, 0.4) is 0 Å². The Kier molecular flexibility index (Phi) is 7.61. The molecule has 1 aromatic rings. The average molecular weight is 436 g/mol. The fraction of sp³-hybridized carbons (Fsp3) is 0.739. The maximum Gasteiger partial charge on any atom is 0.457 e. The highest BCUT2D eigenvalue weighted by Gasteiger charge is 2.43. The van der Waals surface area contributed by atoms with Crippen molar-refractivity contribution in [1.29, 1.82) is 0 Å². The van der Waals surface area contributed by atoms with E-state index in [2.05, 4.69) is 11.7 Å². The minimum atomic E-state index is -5.34. The van der Waals surface area contributed by atoms with Crippen LogP contribution < -0.4 is 4.74 Å². The van der Waals surface area contributed by atoms with Gasteiger partial charge in [0.05, 0.1) is 0 Å². The Balaban J connectivity index is 1.57. The van der Waals surface area contributed by atoms with Crippen molar-refractivity contribution in [2.24, 2.45) is 17.8 Å². The molecule has 3 rings (SSSR count). The van der Waals surface area contributed by atoms with Crippen molar-refractivity contribution in [2.45, 2.75) is 89.6 Å². The summed E-state index contributed by atoms with van der Waals surface area (Å²) >= 11 is 0. The maximum absolute atomic E-state index is 14.2. The van der Waals surface area contributed by atoms with Crippen LogP contribution in [-0.2, 0) is 0 Å². The maximum atomic E-state index is 14.2. The zero-order valence-corrected chi connectivity index (χ0v) is 17.3. The number of hydrogen-bond donors (Lipinski definition) is 0. The molecule has 2 fully saturated rings. The monoisotopic (exact) mass is 436 g/mol. The first-order chi connectivity index (χ1) is 14.2. The lowest BCUT2D eigenvalue weighted by Crippen LogP contribution is -2.30. The topological polar surface area (TPSA) is 9.23 Å². The van der Waals surface area contributed by atoms with Crippen LogP contribution in [0, 0.1) is 29.4 Å². The van der Waals surface area contributed by atoms with Crippen LogP contribution in [-0.4, -0.2) is 12.5 Å². The van der Waals surface area contributed by atoms with E-state index in [1.165, 1.54) is 38.5 Å². The Morgan fingerprint density at radius 1 is 0.900 bits per heavy atom. The van der Waals surface area contributed by atoms with Gasteiger partial charge in [-0.3, -0.25) is 0 Å². The third-order valence-corrected chi connectivity index (χ3v) is 7.00. The first kappa shape index (κ1) is 23.3. The van der Waals surface area contributed by atoms with Gasteiger partial charge in [-0.15, -0.1) is 0 Å². The quantitative estimate of drug-likeness (QED) is 0.410. The van der Waals surface area contributed by atoms with Crippen LogP contribution in [0.5, 0.6) is 5.75 Å². The van der Waals surface area contributed by atoms with E-state index in [0.29, 0.717) is 11.5 Å². The van der Waals surface area contributed by atoms with E-state index in [1.54, 1.807) is 0 Å². The van der Waals surface area contributed by atoms with Crippen molar-refractivity contribution < 1.29 is 31.1 Å². The molecule has 0 radical (unpaired) electrons. The molecule has 0 spiro atoms. The minimum absolute atomic E-state index is 0.0421. The number of halogens is 6. The fourth-order valence-corrected chi connectivity index (χ4v) is 5.38. The molecule has 1 nitrogen and oxygen atoms in total. The molecule has 2 aliphatic rings. The van der Waals surface area contributed by atoms with Crippen molar-refractivity contribution >= 4 is 0 Å². The fourth-order valence-electron chi connectivity index (χ4n) is 5.38. The molecule has 0 bridgehead atoms. The van der Waals surface area contributed by atoms with Gasteiger partial charge in [0, 0.05) is 0 Å². The summed E-state index contributed by atoms with van der Waals surface area (Å²) in [5.41, 5.74) is 0.407. The lowest BCUT2D eigenvalue weighted by molar-refractivity contribution is -0.237. The van der Waals surface area contributed by atoms with Gasteiger partial charge in [0.15, 0.2) is 17.4 Å². The predicted octanol–water partition coefficient (Wildman–Crippen LogP) is 8.08. The average Bonchev–Trinajstić information content (AvgIpc) is 2.70. The first-order valence-electron chi connectivity index (χ1n) is 11.0. The van der Waals surface area contributed by atoms with Crippen molar-refractivity contribution in [2.75, 3.05) is 0 Å². The van der Waals surface area contributed by atoms with Crippen LogP contribution in [0.15, 0.2) is 12.1 Å². The highest BCUT2D eigenvalue weighted by molar-refractivity contribution is 5.33. The molecule has 1 aromatic carbocycles. The first-order valence-corrected chi connectivity index (χ1v) is 11.0. The highest BCUT2D eigenvalue weighted by atomic mass is 19.4. The lowest BCUT2D eigenvalue weighted by atomic mass is 9.68. The number of ether oxygens (including phenoxy) is 1. The van der Waals surface area contributed by atoms with Crippen LogP contribution in [0.25, 0.3) is 0 Å². The third-order valence-electron chi connectivity index (χ3n) is 7.00. The molecule has 0 N–H and O–H groups in total. The van der Waals surface area contributed by atoms with Gasteiger partial charge < -0.3 is 4.74 Å². The zero-order chi connectivity index (χ0) is 21.9. The van der Waals surface area contributed by atoms with Crippen LogP contribution in [0.2, 0.25) is 0 Å². The molecule has 0 heterocycles. The normalized spacial score (nSPS) is 28.9. The number of rotatable bonds is 6. The predicted molar refractivity (Wildman–Crippen MR) is 103 cm³/mol. The molecular weight excluding hydrogens is 406 g/mol. The summed E-state index contributed by atoms with van der Waals surface area (Å²) in [5.74, 6) is -1.73. The molecule has 0 amide bonds. The molecule has 0 aromatic heterocycles. The molecule has 2 saturated carbocycles. The van der Waals surface area contributed by atoms with Gasteiger partial charge in [-0.1, -0.05) is 32.6 Å². The van der Waals surface area contributed by atoms with Gasteiger partial charge >= 0.3 is 12.5 Å². The van der Waals surface area contributed by atoms with Gasteiger partial charge in [0.1, 0.15) is 0 Å². The van der Waals surface area contributed by atoms with Gasteiger partial charge in [-0.05, 0) is 79.9 Å². The van der Waals surface area contributed by atoms with Crippen molar-refractivity contribution in [3.05, 3.63) is 29.3 Å². The molecule has 170 valence electrons. The molecule has 1 unspecified atom stereocenters. The summed E-state index contributed by atoms with van der Waals surface area (Å²) in [6.07, 6.45) is 2.14. The highest BCUT2D eigenvalue weighted by Crippen LogP contribution is 2.45. The standard InChI is InChI=1S/C23H30F6O/c1-2-3-14-4-6-15(7-5-14)16-8-10-17(11-9-16)18-12-19(24)21(20(25)13-18)30-22(26)23(27,28)29/h12-17,22H,2-11H2,1H3. The van der Waals surface area contributed by atoms with E-state index in [0.717, 1.165) is 49.7 Å². The Hall–Kier alpha value is -1.40. The summed E-state index contributed by atoms with van der Waals surface area (Å²) < 4.78 is 82.1. The number of hydrogen-bond acceptors (Lipinski definition) is 1. The second-order valence-electron chi connectivity index (χ2n) is 8.97. The second-order valence-corrected chi connectivity index (χ2v) is 8.97. The summed E-state index contributed by atoms with van der Waals surface area (Å²) in [7, 11) is 0. The largest absolute Gasteiger partial charge is 0.457 e. The zero-order valence-electron chi connectivity index (χ0n) is 17.3. The molecular formula is C23H30F6O. The molecule has 0 saturated heterocycles. The SMILES string of the molecule is CCCC1CCC(C2CCC(c3cc(F)c(OC(F)C(F)(F)F)c(F)c3)CC2)CC1. The lowest BCUT2D eigenvalue weighted by Gasteiger charge is -2.38. The Labute approximate surface area is 174 Å². The van der Waals surface area contributed by atoms with E-state index in [4.69, 9.17) is 0 Å². The molecule has 7 heteroatoms. The Morgan fingerprint density at radius 3 is 1.87 bits per heavy atom. The van der Waals surface area contributed by atoms with E-state index >= 15 is 0 Å². The molecule has 2 aliphatic carbocycles. The summed E-state index contributed by atoms with van der Waals surface area (Å²) in [6, 6.07) is 1.98. The van der Waals surface area contributed by atoms with Crippen LogP contribution in [0.4, 0.5) is 26.3 Å². The molecule has 0 aliphatic heterocycles. The van der Waals surface area contributed by atoms with Crippen molar-refractivity contribution in [3.8, 4) is 5.75 Å². The van der Waals surface area contributed by atoms with Crippen molar-refractivity contribution in [1.82, 2.24) is 0 Å². The van der Waals surface area contributed by atoms with E-state index < -0.39 is 29.9 Å². The van der Waals surface area contributed by atoms with Gasteiger partial charge in [-0.2, -0.15) is 17.6 Å². The van der Waals surface area contributed by atoms with Crippen molar-refractivity contribution in [3.63, 3.8) is 0 Å². The third kappa shape index (κ3) is 5.64. The number of alkyl halides is 4. The Morgan fingerprint density at radius 2 is 1.40 bits per heavy atom. The van der Waals surface area contributed by atoms with E-state index in [9.17, 15) is 26.3 Å². The minimum Gasteiger partial charge on any atom is -0.446 e. The van der Waals surface area contributed by atoms with Gasteiger partial charge in [0.25, 0.3) is 0 Å². The van der Waals surface area contributed by atoms with E-state index in [-0.39, 0.29) is 5.92 Å². The summed E-state index contributed by atoms with van der Waals surface area (Å²) in [6.45, 7) is 2.23. The van der Waals surface area contributed by atoms with Gasteiger partial charge in [-0.25, -0.2) is 8.78 Å². The van der Waals surface area contributed by atoms with Crippen LogP contribution >= 0.6 is 0 Å². The van der Waals surface area contributed by atoms with Gasteiger partial charge in [0.2, 0.25) is 0 Å². The number of benzene rings is 1. The van der Waals surface area contributed by atoms with E-state index in [1.807, 2.05) is 0 Å². The molecule has 1 atom stereocenters. The Bertz CT molecular complexity index is 664. The molecule has 30 heavy (non-hydrogen) atoms. The second kappa shape index (κ2) is 9.82. The summed E-state index contributed by atoms with van der Waals surface area (Å²) in [4.78, 5) is 0. The summed E-state index contributed by atoms with van der Waals surface area (Å²) in [5, 5.41) is 0.